The van der Waals surface area contributed by atoms with E-state index in [1.807, 2.05) is 6.07 Å². The average molecular weight is 435 g/mol. The fraction of sp³-hybridized carbons (Fsp3) is 0.368. The van der Waals surface area contributed by atoms with Gasteiger partial charge in [0.15, 0.2) is 0 Å². The lowest BCUT2D eigenvalue weighted by molar-refractivity contribution is -0.0286. The molecule has 154 valence electrons. The summed E-state index contributed by atoms with van der Waals surface area (Å²) in [5, 5.41) is 7.67. The minimum atomic E-state index is -3.84. The third kappa shape index (κ3) is 5.26. The Morgan fingerprint density at radius 3 is 2.43 bits per heavy atom. The topological polar surface area (TPSA) is 72.2 Å². The molecule has 0 saturated carbocycles. The van der Waals surface area contributed by atoms with Crippen molar-refractivity contribution in [2.75, 3.05) is 12.3 Å². The van der Waals surface area contributed by atoms with Crippen molar-refractivity contribution in [2.45, 2.75) is 24.8 Å². The van der Waals surface area contributed by atoms with Gasteiger partial charge in [-0.3, -0.25) is 0 Å². The van der Waals surface area contributed by atoms with Crippen LogP contribution in [0.15, 0.2) is 48.5 Å². The molecule has 1 aliphatic rings. The maximum Gasteiger partial charge on any atom is 0.264 e. The highest BCUT2D eigenvalue weighted by atomic mass is 35.5. The summed E-state index contributed by atoms with van der Waals surface area (Å²) in [6, 6.07) is 13.1. The van der Waals surface area contributed by atoms with E-state index in [1.165, 1.54) is 0 Å². The molecule has 1 aliphatic heterocycles. The molecule has 0 aliphatic carbocycles. The van der Waals surface area contributed by atoms with Gasteiger partial charge in [-0.05, 0) is 24.0 Å². The number of hydrogen-bond donors (Lipinski definition) is 2. The fourth-order valence-corrected chi connectivity index (χ4v) is 4.15. The summed E-state index contributed by atoms with van der Waals surface area (Å²) in [7, 11) is -3.84. The van der Waals surface area contributed by atoms with Crippen LogP contribution in [0.4, 0.5) is 13.2 Å². The van der Waals surface area contributed by atoms with Crippen LogP contribution in [0.5, 0.6) is 0 Å². The molecule has 1 fully saturated rings. The third-order valence-electron chi connectivity index (χ3n) is 4.94. The monoisotopic (exact) mass is 434 g/mol. The Kier molecular flexibility index (Phi) is 7.14. The number of nitrogens with one attached hydrogen (secondary N) is 1. The molecule has 1 heterocycles. The maximum absolute atomic E-state index is 15.0. The Bertz CT molecular complexity index is 911. The van der Waals surface area contributed by atoms with Crippen LogP contribution in [-0.2, 0) is 16.4 Å². The quantitative estimate of drug-likeness (QED) is 0.732. The predicted octanol–water partition coefficient (Wildman–Crippen LogP) is 3.36. The second-order valence-corrected chi connectivity index (χ2v) is 8.59. The van der Waals surface area contributed by atoms with Crippen LogP contribution in [0.25, 0.3) is 11.1 Å². The van der Waals surface area contributed by atoms with Gasteiger partial charge in [0, 0.05) is 17.5 Å². The Labute approximate surface area is 168 Å². The van der Waals surface area contributed by atoms with Crippen molar-refractivity contribution in [3.05, 3.63) is 59.9 Å². The number of rotatable bonds is 6. The number of primary sulfonamides is 1. The lowest BCUT2D eigenvalue weighted by atomic mass is 9.89. The van der Waals surface area contributed by atoms with E-state index in [4.69, 9.17) is 5.14 Å². The molecular weight excluding hydrogens is 413 g/mol. The molecule has 0 spiro atoms. The molecule has 4 nitrogen and oxygen atoms in total. The first-order chi connectivity index (χ1) is 12.7. The van der Waals surface area contributed by atoms with Crippen LogP contribution < -0.4 is 10.5 Å². The summed E-state index contributed by atoms with van der Waals surface area (Å²) < 4.78 is 65.7. The van der Waals surface area contributed by atoms with Crippen molar-refractivity contribution in [2.24, 2.45) is 11.1 Å². The highest BCUT2D eigenvalue weighted by Gasteiger charge is 2.49. The van der Waals surface area contributed by atoms with Crippen LogP contribution >= 0.6 is 12.4 Å². The molecular formula is C19H22ClF3N2O2S. The van der Waals surface area contributed by atoms with Crippen LogP contribution in [0.3, 0.4) is 0 Å². The van der Waals surface area contributed by atoms with Gasteiger partial charge in [-0.25, -0.2) is 26.7 Å². The summed E-state index contributed by atoms with van der Waals surface area (Å²) in [6.07, 6.45) is -0.235. The van der Waals surface area contributed by atoms with E-state index >= 15 is 0 Å². The zero-order valence-electron chi connectivity index (χ0n) is 14.9. The first-order valence-electron chi connectivity index (χ1n) is 8.62. The van der Waals surface area contributed by atoms with Crippen LogP contribution in [-0.4, -0.2) is 32.7 Å². The second-order valence-electron chi connectivity index (χ2n) is 6.86. The largest absolute Gasteiger partial charge is 0.308 e. The minimum Gasteiger partial charge on any atom is -0.308 e. The summed E-state index contributed by atoms with van der Waals surface area (Å²) in [6.45, 7) is -0.563. The fourth-order valence-electron chi connectivity index (χ4n) is 3.57. The molecule has 2 aromatic rings. The van der Waals surface area contributed by atoms with Crippen molar-refractivity contribution in [1.82, 2.24) is 5.32 Å². The molecule has 0 bridgehead atoms. The highest BCUT2D eigenvalue weighted by molar-refractivity contribution is 7.89. The number of sulfonamides is 1. The van der Waals surface area contributed by atoms with Gasteiger partial charge in [0.05, 0.1) is 12.3 Å². The van der Waals surface area contributed by atoms with E-state index in [-0.39, 0.29) is 25.2 Å². The van der Waals surface area contributed by atoms with Crippen molar-refractivity contribution < 1.29 is 21.6 Å². The van der Waals surface area contributed by atoms with Gasteiger partial charge in [-0.1, -0.05) is 48.5 Å². The van der Waals surface area contributed by atoms with Gasteiger partial charge in [0.1, 0.15) is 5.82 Å². The Morgan fingerprint density at radius 1 is 1.11 bits per heavy atom. The van der Waals surface area contributed by atoms with E-state index in [0.29, 0.717) is 16.7 Å². The first kappa shape index (κ1) is 22.7. The van der Waals surface area contributed by atoms with Gasteiger partial charge in [0.25, 0.3) is 5.92 Å². The average Bonchev–Trinajstić information content (AvgIpc) is 2.89. The molecule has 0 unspecified atom stereocenters. The predicted molar refractivity (Wildman–Crippen MR) is 106 cm³/mol. The second kappa shape index (κ2) is 8.82. The van der Waals surface area contributed by atoms with Gasteiger partial charge < -0.3 is 5.32 Å². The number of hydrogen-bond acceptors (Lipinski definition) is 3. The van der Waals surface area contributed by atoms with Crippen LogP contribution in [0.1, 0.15) is 12.0 Å². The molecule has 28 heavy (non-hydrogen) atoms. The molecule has 3 rings (SSSR count). The van der Waals surface area contributed by atoms with Gasteiger partial charge in [-0.15, -0.1) is 12.4 Å². The van der Waals surface area contributed by atoms with Gasteiger partial charge in [0.2, 0.25) is 10.0 Å². The standard InChI is InChI=1S/C19H21F3N2O2S.ClH/c20-18-14(7-4-8-15(18)13-5-2-1-3-6-13)11-17-16(9-10-27(23,25)26)19(21,22)12-24-17;/h1-8,16-17,24H,9-12H2,(H2,23,25,26);1H/t16-,17+;/m1./s1. The Morgan fingerprint density at radius 2 is 1.79 bits per heavy atom. The third-order valence-corrected chi connectivity index (χ3v) is 5.75. The van der Waals surface area contributed by atoms with E-state index in [0.717, 1.165) is 0 Å². The minimum absolute atomic E-state index is 0. The highest BCUT2D eigenvalue weighted by Crippen LogP contribution is 2.37. The SMILES string of the molecule is Cl.NS(=O)(=O)CC[C@@H]1[C@H](Cc2cccc(-c3ccccc3)c2F)NCC1(F)F. The van der Waals surface area contributed by atoms with Gasteiger partial charge >= 0.3 is 0 Å². The van der Waals surface area contributed by atoms with Crippen molar-refractivity contribution in [3.8, 4) is 11.1 Å². The molecule has 3 N–H and O–H groups in total. The molecule has 0 aromatic heterocycles. The number of halogens is 4. The molecule has 2 atom stereocenters. The van der Waals surface area contributed by atoms with Crippen LogP contribution in [0, 0.1) is 11.7 Å². The molecule has 0 radical (unpaired) electrons. The van der Waals surface area contributed by atoms with Crippen molar-refractivity contribution in [1.29, 1.82) is 0 Å². The van der Waals surface area contributed by atoms with E-state index in [1.54, 1.807) is 42.5 Å². The smallest absolute Gasteiger partial charge is 0.264 e. The van der Waals surface area contributed by atoms with E-state index in [2.05, 4.69) is 5.32 Å². The molecule has 1 saturated heterocycles. The summed E-state index contributed by atoms with van der Waals surface area (Å²) in [4.78, 5) is 0. The summed E-state index contributed by atoms with van der Waals surface area (Å²) in [5.74, 6) is -5.28. The van der Waals surface area contributed by atoms with E-state index in [9.17, 15) is 21.6 Å². The number of alkyl halides is 2. The normalized spacial score (nSPS) is 21.3. The summed E-state index contributed by atoms with van der Waals surface area (Å²) >= 11 is 0. The number of benzene rings is 2. The van der Waals surface area contributed by atoms with Gasteiger partial charge in [-0.2, -0.15) is 0 Å². The zero-order valence-corrected chi connectivity index (χ0v) is 16.6. The Hall–Kier alpha value is -1.61. The summed E-state index contributed by atoms with van der Waals surface area (Å²) in [5.41, 5.74) is 1.42. The number of nitrogens with two attached hydrogens (primary N) is 1. The first-order valence-corrected chi connectivity index (χ1v) is 10.3. The van der Waals surface area contributed by atoms with Crippen LogP contribution in [0.2, 0.25) is 0 Å². The molecule has 9 heteroatoms. The van der Waals surface area contributed by atoms with Crippen molar-refractivity contribution in [3.63, 3.8) is 0 Å². The molecule has 2 aromatic carbocycles. The zero-order chi connectivity index (χ0) is 19.7. The Balaban J connectivity index is 0.00000280. The lowest BCUT2D eigenvalue weighted by Crippen LogP contribution is -2.35. The van der Waals surface area contributed by atoms with Crippen molar-refractivity contribution >= 4 is 22.4 Å². The van der Waals surface area contributed by atoms with E-state index < -0.39 is 46.0 Å². The lowest BCUT2D eigenvalue weighted by Gasteiger charge is -2.23. The molecule has 0 amide bonds. The maximum atomic E-state index is 15.0.